The molecule has 60 valence electrons. The van der Waals surface area contributed by atoms with Crippen LogP contribution < -0.4 is 5.32 Å². The second-order valence-electron chi connectivity index (χ2n) is 3.12. The van der Waals surface area contributed by atoms with Gasteiger partial charge in [0.15, 0.2) is 0 Å². The van der Waals surface area contributed by atoms with Crippen LogP contribution in [0.3, 0.4) is 0 Å². The molecule has 0 aromatic heterocycles. The topological polar surface area (TPSA) is 21.3 Å². The smallest absolute Gasteiger partial charge is 0.0749 e. The van der Waals surface area contributed by atoms with Crippen LogP contribution in [0.5, 0.6) is 0 Å². The maximum atomic E-state index is 5.36. The van der Waals surface area contributed by atoms with Crippen molar-refractivity contribution in [3.63, 3.8) is 0 Å². The second-order valence-corrected chi connectivity index (χ2v) is 3.12. The van der Waals surface area contributed by atoms with Gasteiger partial charge in [0.25, 0.3) is 0 Å². The average molecular weight is 143 g/mol. The fourth-order valence-electron chi connectivity index (χ4n) is 1.39. The Morgan fingerprint density at radius 2 is 2.10 bits per heavy atom. The Bertz CT molecular complexity index is 101. The average Bonchev–Trinajstić information content (AvgIpc) is 2.73. The molecule has 1 aliphatic rings. The summed E-state index contributed by atoms with van der Waals surface area (Å²) in [6.07, 6.45) is 3.14. The molecule has 0 amide bonds. The third kappa shape index (κ3) is 1.70. The van der Waals surface area contributed by atoms with Crippen molar-refractivity contribution >= 4 is 0 Å². The molecule has 0 aromatic carbocycles. The van der Waals surface area contributed by atoms with Crippen molar-refractivity contribution in [2.75, 3.05) is 14.2 Å². The van der Waals surface area contributed by atoms with E-state index < -0.39 is 0 Å². The number of ether oxygens (including phenoxy) is 1. The molecule has 0 radical (unpaired) electrons. The van der Waals surface area contributed by atoms with E-state index in [0.717, 1.165) is 5.92 Å². The third-order valence-electron chi connectivity index (χ3n) is 2.31. The van der Waals surface area contributed by atoms with E-state index in [9.17, 15) is 0 Å². The van der Waals surface area contributed by atoms with Gasteiger partial charge in [-0.1, -0.05) is 0 Å². The van der Waals surface area contributed by atoms with Gasteiger partial charge in [0, 0.05) is 13.2 Å². The second kappa shape index (κ2) is 3.35. The lowest BCUT2D eigenvalue weighted by Gasteiger charge is -2.21. The minimum Gasteiger partial charge on any atom is -0.380 e. The van der Waals surface area contributed by atoms with E-state index >= 15 is 0 Å². The van der Waals surface area contributed by atoms with Gasteiger partial charge in [0.2, 0.25) is 0 Å². The lowest BCUT2D eigenvalue weighted by Crippen LogP contribution is -2.37. The number of nitrogens with one attached hydrogen (secondary N) is 1. The van der Waals surface area contributed by atoms with Crippen molar-refractivity contribution in [2.45, 2.75) is 31.9 Å². The number of rotatable bonds is 4. The molecule has 0 spiro atoms. The summed E-state index contributed by atoms with van der Waals surface area (Å²) < 4.78 is 5.36. The summed E-state index contributed by atoms with van der Waals surface area (Å²) in [6, 6.07) is 0.498. The van der Waals surface area contributed by atoms with E-state index in [1.165, 1.54) is 12.8 Å². The largest absolute Gasteiger partial charge is 0.380 e. The lowest BCUT2D eigenvalue weighted by atomic mass is 10.1. The van der Waals surface area contributed by atoms with Crippen molar-refractivity contribution in [2.24, 2.45) is 5.92 Å². The summed E-state index contributed by atoms with van der Waals surface area (Å²) in [6.45, 7) is 2.17. The van der Waals surface area contributed by atoms with Gasteiger partial charge in [-0.05, 0) is 32.7 Å². The van der Waals surface area contributed by atoms with Crippen LogP contribution in [-0.4, -0.2) is 26.3 Å². The normalized spacial score (nSPS) is 24.3. The molecular weight excluding hydrogens is 126 g/mol. The highest BCUT2D eigenvalue weighted by atomic mass is 16.5. The van der Waals surface area contributed by atoms with E-state index in [2.05, 4.69) is 12.2 Å². The molecule has 2 unspecified atom stereocenters. The molecule has 1 aliphatic carbocycles. The minimum atomic E-state index is 0.435. The fourth-order valence-corrected chi connectivity index (χ4v) is 1.39. The molecule has 0 bridgehead atoms. The highest BCUT2D eigenvalue weighted by Gasteiger charge is 2.34. The predicted molar refractivity (Wildman–Crippen MR) is 42.0 cm³/mol. The Balaban J connectivity index is 2.30. The molecular formula is C8H17NO. The Kier molecular flexibility index (Phi) is 2.69. The van der Waals surface area contributed by atoms with Gasteiger partial charge in [-0.15, -0.1) is 0 Å². The third-order valence-corrected chi connectivity index (χ3v) is 2.31. The molecule has 1 fully saturated rings. The van der Waals surface area contributed by atoms with E-state index in [4.69, 9.17) is 4.74 Å². The van der Waals surface area contributed by atoms with Gasteiger partial charge in [0.05, 0.1) is 6.10 Å². The first-order chi connectivity index (χ1) is 4.79. The highest BCUT2D eigenvalue weighted by molar-refractivity contribution is 4.87. The fraction of sp³-hybridized carbons (Fsp3) is 1.00. The van der Waals surface area contributed by atoms with Crippen molar-refractivity contribution in [3.8, 4) is 0 Å². The molecule has 0 aromatic rings. The summed E-state index contributed by atoms with van der Waals surface area (Å²) in [5.41, 5.74) is 0. The lowest BCUT2D eigenvalue weighted by molar-refractivity contribution is 0.0587. The molecule has 1 saturated carbocycles. The molecule has 1 rings (SSSR count). The Hall–Kier alpha value is -0.0800. The van der Waals surface area contributed by atoms with Crippen LogP contribution in [0.15, 0.2) is 0 Å². The van der Waals surface area contributed by atoms with Gasteiger partial charge in [-0.2, -0.15) is 0 Å². The predicted octanol–water partition coefficient (Wildman–Crippen LogP) is 1.02. The summed E-state index contributed by atoms with van der Waals surface area (Å²) >= 11 is 0. The van der Waals surface area contributed by atoms with Crippen molar-refractivity contribution in [1.29, 1.82) is 0 Å². The van der Waals surface area contributed by atoms with Crippen LogP contribution in [0.2, 0.25) is 0 Å². The SMILES string of the molecule is CNC(C)C(OC)C1CC1. The Morgan fingerprint density at radius 1 is 1.50 bits per heavy atom. The van der Waals surface area contributed by atoms with Crippen LogP contribution in [0.1, 0.15) is 19.8 Å². The van der Waals surface area contributed by atoms with Gasteiger partial charge in [-0.25, -0.2) is 0 Å². The molecule has 0 aliphatic heterocycles. The van der Waals surface area contributed by atoms with Crippen LogP contribution in [-0.2, 0) is 4.74 Å². The maximum Gasteiger partial charge on any atom is 0.0749 e. The summed E-state index contributed by atoms with van der Waals surface area (Å²) in [5, 5.41) is 3.21. The van der Waals surface area contributed by atoms with Crippen molar-refractivity contribution in [3.05, 3.63) is 0 Å². The van der Waals surface area contributed by atoms with Gasteiger partial charge >= 0.3 is 0 Å². The van der Waals surface area contributed by atoms with Crippen LogP contribution in [0.25, 0.3) is 0 Å². The first-order valence-electron chi connectivity index (χ1n) is 3.99. The standard InChI is InChI=1S/C8H17NO/c1-6(9-2)8(10-3)7-4-5-7/h6-9H,4-5H2,1-3H3. The zero-order valence-corrected chi connectivity index (χ0v) is 7.05. The Morgan fingerprint density at radius 3 is 2.40 bits per heavy atom. The molecule has 2 nitrogen and oxygen atoms in total. The van der Waals surface area contributed by atoms with Gasteiger partial charge in [-0.3, -0.25) is 0 Å². The maximum absolute atomic E-state index is 5.36. The first-order valence-corrected chi connectivity index (χ1v) is 3.99. The van der Waals surface area contributed by atoms with Crippen LogP contribution in [0, 0.1) is 5.92 Å². The molecule has 2 atom stereocenters. The molecule has 0 saturated heterocycles. The highest BCUT2D eigenvalue weighted by Crippen LogP contribution is 2.35. The van der Waals surface area contributed by atoms with E-state index in [1.807, 2.05) is 7.05 Å². The Labute approximate surface area is 63.0 Å². The number of hydrogen-bond donors (Lipinski definition) is 1. The van der Waals surface area contributed by atoms with Crippen LogP contribution in [0.4, 0.5) is 0 Å². The zero-order valence-electron chi connectivity index (χ0n) is 7.05. The molecule has 1 N–H and O–H groups in total. The van der Waals surface area contributed by atoms with Crippen LogP contribution >= 0.6 is 0 Å². The molecule has 0 heterocycles. The van der Waals surface area contributed by atoms with Gasteiger partial charge in [0.1, 0.15) is 0 Å². The quantitative estimate of drug-likeness (QED) is 0.634. The number of likely N-dealkylation sites (N-methyl/N-ethyl adjacent to an activating group) is 1. The molecule has 2 heteroatoms. The number of hydrogen-bond acceptors (Lipinski definition) is 2. The minimum absolute atomic E-state index is 0.435. The number of methoxy groups -OCH3 is 1. The van der Waals surface area contributed by atoms with E-state index in [1.54, 1.807) is 7.11 Å². The summed E-state index contributed by atoms with van der Waals surface area (Å²) in [7, 11) is 3.79. The monoisotopic (exact) mass is 143 g/mol. The first kappa shape index (κ1) is 8.02. The summed E-state index contributed by atoms with van der Waals surface area (Å²) in [4.78, 5) is 0. The molecule has 10 heavy (non-hydrogen) atoms. The van der Waals surface area contributed by atoms with Gasteiger partial charge < -0.3 is 10.1 Å². The van der Waals surface area contributed by atoms with Crippen molar-refractivity contribution in [1.82, 2.24) is 5.32 Å². The van der Waals surface area contributed by atoms with E-state index in [-0.39, 0.29) is 0 Å². The van der Waals surface area contributed by atoms with E-state index in [0.29, 0.717) is 12.1 Å². The summed E-state index contributed by atoms with van der Waals surface area (Å²) in [5.74, 6) is 0.826. The van der Waals surface area contributed by atoms with Crippen molar-refractivity contribution < 1.29 is 4.74 Å². The zero-order chi connectivity index (χ0) is 7.56.